The molecule has 0 radical (unpaired) electrons. The first-order valence-corrected chi connectivity index (χ1v) is 7.60. The summed E-state index contributed by atoms with van der Waals surface area (Å²) in [6, 6.07) is 13.4. The number of halogens is 2. The summed E-state index contributed by atoms with van der Waals surface area (Å²) in [5.74, 6) is -0.177. The Morgan fingerprint density at radius 3 is 2.55 bits per heavy atom. The van der Waals surface area contributed by atoms with Gasteiger partial charge in [0.25, 0.3) is 0 Å². The summed E-state index contributed by atoms with van der Waals surface area (Å²) in [5.41, 5.74) is 8.64. The third kappa shape index (κ3) is 3.23. The minimum absolute atomic E-state index is 0.177. The molecular formula is C16H17BrClNO. The quantitative estimate of drug-likeness (QED) is 0.865. The van der Waals surface area contributed by atoms with Gasteiger partial charge in [-0.05, 0) is 35.7 Å². The lowest BCUT2D eigenvalue weighted by Gasteiger charge is -2.23. The molecule has 2 atom stereocenters. The highest BCUT2D eigenvalue weighted by Crippen LogP contribution is 2.35. The molecule has 3 N–H and O–H groups in total. The molecule has 0 aliphatic heterocycles. The van der Waals surface area contributed by atoms with Crippen molar-refractivity contribution in [2.24, 2.45) is 5.73 Å². The highest BCUT2D eigenvalue weighted by Gasteiger charge is 2.23. The van der Waals surface area contributed by atoms with E-state index in [0.717, 1.165) is 21.2 Å². The van der Waals surface area contributed by atoms with Crippen molar-refractivity contribution in [2.45, 2.75) is 18.9 Å². The van der Waals surface area contributed by atoms with Gasteiger partial charge in [0, 0.05) is 22.0 Å². The lowest BCUT2D eigenvalue weighted by molar-refractivity contribution is 0.147. The van der Waals surface area contributed by atoms with Crippen molar-refractivity contribution in [3.8, 4) is 0 Å². The molecule has 0 aliphatic carbocycles. The Morgan fingerprint density at radius 1 is 1.25 bits per heavy atom. The van der Waals surface area contributed by atoms with Gasteiger partial charge in [0.15, 0.2) is 0 Å². The predicted molar refractivity (Wildman–Crippen MR) is 87.1 cm³/mol. The molecule has 106 valence electrons. The Morgan fingerprint density at radius 2 is 1.95 bits per heavy atom. The highest BCUT2D eigenvalue weighted by molar-refractivity contribution is 9.10. The minimum atomic E-state index is -0.684. The van der Waals surface area contributed by atoms with Crippen LogP contribution in [-0.2, 0) is 0 Å². The molecule has 2 rings (SSSR count). The van der Waals surface area contributed by atoms with Gasteiger partial charge in [-0.15, -0.1) is 0 Å². The van der Waals surface area contributed by atoms with E-state index >= 15 is 0 Å². The van der Waals surface area contributed by atoms with Crippen LogP contribution in [0.2, 0.25) is 5.02 Å². The number of aryl methyl sites for hydroxylation is 1. The zero-order chi connectivity index (χ0) is 14.7. The number of benzene rings is 2. The normalized spacial score (nSPS) is 14.1. The van der Waals surface area contributed by atoms with Gasteiger partial charge < -0.3 is 10.8 Å². The average Bonchev–Trinajstić information content (AvgIpc) is 2.44. The van der Waals surface area contributed by atoms with Gasteiger partial charge in [-0.1, -0.05) is 57.9 Å². The van der Waals surface area contributed by atoms with Crippen molar-refractivity contribution >= 4 is 27.5 Å². The van der Waals surface area contributed by atoms with E-state index in [2.05, 4.69) is 15.9 Å². The molecule has 2 nitrogen and oxygen atoms in total. The Bertz CT molecular complexity index is 603. The van der Waals surface area contributed by atoms with Crippen LogP contribution in [-0.4, -0.2) is 11.7 Å². The molecule has 0 bridgehead atoms. The maximum Gasteiger partial charge on any atom is 0.0871 e. The van der Waals surface area contributed by atoms with Gasteiger partial charge >= 0.3 is 0 Å². The lowest BCUT2D eigenvalue weighted by Crippen LogP contribution is -2.20. The Balaban J connectivity index is 2.36. The molecule has 2 aromatic rings. The molecule has 0 saturated heterocycles. The first-order chi connectivity index (χ1) is 9.54. The fourth-order valence-corrected chi connectivity index (χ4v) is 2.99. The van der Waals surface area contributed by atoms with E-state index < -0.39 is 6.10 Å². The first-order valence-electron chi connectivity index (χ1n) is 6.43. The summed E-state index contributed by atoms with van der Waals surface area (Å²) in [6.07, 6.45) is -0.684. The van der Waals surface area contributed by atoms with E-state index in [4.69, 9.17) is 17.3 Å². The largest absolute Gasteiger partial charge is 0.388 e. The molecule has 4 heteroatoms. The third-order valence-electron chi connectivity index (χ3n) is 3.48. The number of hydrogen-bond acceptors (Lipinski definition) is 2. The van der Waals surface area contributed by atoms with E-state index in [1.165, 1.54) is 0 Å². The SMILES string of the molecule is Cc1ccc(C(O)C(CN)c2ccccc2Br)cc1Cl. The minimum Gasteiger partial charge on any atom is -0.388 e. The topological polar surface area (TPSA) is 46.2 Å². The zero-order valence-corrected chi connectivity index (χ0v) is 13.5. The van der Waals surface area contributed by atoms with Crippen LogP contribution in [0.3, 0.4) is 0 Å². The Hall–Kier alpha value is -0.870. The maximum absolute atomic E-state index is 10.6. The average molecular weight is 355 g/mol. The molecule has 0 spiro atoms. The van der Waals surface area contributed by atoms with Gasteiger partial charge in [-0.3, -0.25) is 0 Å². The number of rotatable bonds is 4. The summed E-state index contributed by atoms with van der Waals surface area (Å²) < 4.78 is 0.952. The van der Waals surface area contributed by atoms with Crippen LogP contribution in [0.1, 0.15) is 28.7 Å². The van der Waals surface area contributed by atoms with Crippen molar-refractivity contribution in [1.29, 1.82) is 0 Å². The van der Waals surface area contributed by atoms with Crippen LogP contribution >= 0.6 is 27.5 Å². The van der Waals surface area contributed by atoms with Crippen LogP contribution in [0.15, 0.2) is 46.9 Å². The van der Waals surface area contributed by atoms with E-state index in [1.54, 1.807) is 6.07 Å². The number of aliphatic hydroxyl groups is 1. The molecule has 0 aromatic heterocycles. The van der Waals surface area contributed by atoms with Crippen LogP contribution in [0.25, 0.3) is 0 Å². The van der Waals surface area contributed by atoms with Crippen molar-refractivity contribution < 1.29 is 5.11 Å². The van der Waals surface area contributed by atoms with E-state index in [0.29, 0.717) is 11.6 Å². The summed E-state index contributed by atoms with van der Waals surface area (Å²) in [7, 11) is 0. The van der Waals surface area contributed by atoms with E-state index in [1.807, 2.05) is 43.3 Å². The molecule has 2 aromatic carbocycles. The van der Waals surface area contributed by atoms with Gasteiger partial charge in [-0.2, -0.15) is 0 Å². The summed E-state index contributed by atoms with van der Waals surface area (Å²) >= 11 is 9.64. The van der Waals surface area contributed by atoms with Crippen LogP contribution in [0.5, 0.6) is 0 Å². The number of aliphatic hydroxyl groups excluding tert-OH is 1. The second kappa shape index (κ2) is 6.72. The van der Waals surface area contributed by atoms with Crippen molar-refractivity contribution in [3.05, 3.63) is 68.7 Å². The number of hydrogen-bond donors (Lipinski definition) is 2. The second-order valence-electron chi connectivity index (χ2n) is 4.82. The van der Waals surface area contributed by atoms with Crippen molar-refractivity contribution in [2.75, 3.05) is 6.54 Å². The molecule has 0 heterocycles. The molecule has 20 heavy (non-hydrogen) atoms. The van der Waals surface area contributed by atoms with Crippen molar-refractivity contribution in [3.63, 3.8) is 0 Å². The van der Waals surface area contributed by atoms with Crippen molar-refractivity contribution in [1.82, 2.24) is 0 Å². The molecular weight excluding hydrogens is 338 g/mol. The second-order valence-corrected chi connectivity index (χ2v) is 6.08. The van der Waals surface area contributed by atoms with Gasteiger partial charge in [-0.25, -0.2) is 0 Å². The fourth-order valence-electron chi connectivity index (χ4n) is 2.23. The van der Waals surface area contributed by atoms with Gasteiger partial charge in [0.05, 0.1) is 6.10 Å². The zero-order valence-electron chi connectivity index (χ0n) is 11.2. The maximum atomic E-state index is 10.6. The lowest BCUT2D eigenvalue weighted by atomic mass is 9.89. The number of nitrogens with two attached hydrogens (primary N) is 1. The first kappa shape index (κ1) is 15.5. The standard InChI is InChI=1S/C16H17BrClNO/c1-10-6-7-11(8-15(10)18)16(20)13(9-19)12-4-2-3-5-14(12)17/h2-8,13,16,20H,9,19H2,1H3. The predicted octanol–water partition coefficient (Wildman–Crippen LogP) is 4.19. The molecule has 0 fully saturated rings. The van der Waals surface area contributed by atoms with Gasteiger partial charge in [0.2, 0.25) is 0 Å². The summed E-state index contributed by atoms with van der Waals surface area (Å²) in [4.78, 5) is 0. The molecule has 2 unspecified atom stereocenters. The molecule has 0 amide bonds. The smallest absolute Gasteiger partial charge is 0.0871 e. The molecule has 0 saturated carbocycles. The Labute approximate surface area is 132 Å². The molecule has 0 aliphatic rings. The highest BCUT2D eigenvalue weighted by atomic mass is 79.9. The summed E-state index contributed by atoms with van der Waals surface area (Å²) in [6.45, 7) is 2.29. The van der Waals surface area contributed by atoms with Crippen LogP contribution in [0, 0.1) is 6.92 Å². The fraction of sp³-hybridized carbons (Fsp3) is 0.250. The summed E-state index contributed by atoms with van der Waals surface area (Å²) in [5, 5.41) is 11.3. The Kier molecular flexibility index (Phi) is 5.22. The van der Waals surface area contributed by atoms with E-state index in [9.17, 15) is 5.11 Å². The van der Waals surface area contributed by atoms with E-state index in [-0.39, 0.29) is 5.92 Å². The van der Waals surface area contributed by atoms with Crippen LogP contribution < -0.4 is 5.73 Å². The monoisotopic (exact) mass is 353 g/mol. The third-order valence-corrected chi connectivity index (χ3v) is 4.61. The van der Waals surface area contributed by atoms with Crippen LogP contribution in [0.4, 0.5) is 0 Å². The van der Waals surface area contributed by atoms with Gasteiger partial charge in [0.1, 0.15) is 0 Å².